The van der Waals surface area contributed by atoms with Gasteiger partial charge in [0.25, 0.3) is 0 Å². The molecule has 1 nitrogen and oxygen atoms in total. The topological polar surface area (TPSA) is 26.0 Å². The summed E-state index contributed by atoms with van der Waals surface area (Å²) in [5.74, 6) is 0. The number of nitrogens with two attached hydrogens (primary N) is 1. The zero-order valence-corrected chi connectivity index (χ0v) is 9.35. The van der Waals surface area contributed by atoms with Gasteiger partial charge in [0.15, 0.2) is 0 Å². The summed E-state index contributed by atoms with van der Waals surface area (Å²) in [6, 6.07) is 16.3. The Morgan fingerprint density at radius 1 is 0.875 bits per heavy atom. The van der Waals surface area contributed by atoms with Gasteiger partial charge in [0.1, 0.15) is 0 Å². The first-order valence-electron chi connectivity index (χ1n) is 5.35. The third kappa shape index (κ3) is 2.51. The average molecular weight is 209 g/mol. The molecule has 0 bridgehead atoms. The molecule has 0 radical (unpaired) electrons. The number of hydrogen-bond acceptors (Lipinski definition) is 1. The van der Waals surface area contributed by atoms with Crippen molar-refractivity contribution in [3.8, 4) is 0 Å². The lowest BCUT2D eigenvalue weighted by molar-refractivity contribution is 1.46. The second-order valence-corrected chi connectivity index (χ2v) is 3.87. The monoisotopic (exact) mass is 209 g/mol. The number of para-hydroxylation sites is 1. The summed E-state index contributed by atoms with van der Waals surface area (Å²) in [6.07, 6.45) is 4.12. The lowest BCUT2D eigenvalue weighted by Crippen LogP contribution is -1.87. The molecule has 0 aliphatic carbocycles. The third-order valence-electron chi connectivity index (χ3n) is 2.53. The number of anilines is 1. The summed E-state index contributed by atoms with van der Waals surface area (Å²) in [5.41, 5.74) is 10.2. The molecule has 0 aliphatic heterocycles. The number of rotatable bonds is 2. The van der Waals surface area contributed by atoms with Gasteiger partial charge in [-0.3, -0.25) is 0 Å². The van der Waals surface area contributed by atoms with Gasteiger partial charge in [-0.1, -0.05) is 60.2 Å². The first kappa shape index (κ1) is 10.5. The highest BCUT2D eigenvalue weighted by Crippen LogP contribution is 2.14. The van der Waals surface area contributed by atoms with Crippen LogP contribution in [0.4, 0.5) is 5.69 Å². The lowest BCUT2D eigenvalue weighted by Gasteiger charge is -1.99. The van der Waals surface area contributed by atoms with Crippen molar-refractivity contribution in [1.29, 1.82) is 0 Å². The highest BCUT2D eigenvalue weighted by molar-refractivity contribution is 5.75. The Bertz CT molecular complexity index is 495. The fourth-order valence-corrected chi connectivity index (χ4v) is 1.53. The molecule has 2 aromatic rings. The number of hydrogen-bond donors (Lipinski definition) is 1. The fourth-order valence-electron chi connectivity index (χ4n) is 1.53. The third-order valence-corrected chi connectivity index (χ3v) is 2.53. The zero-order valence-electron chi connectivity index (χ0n) is 9.35. The van der Waals surface area contributed by atoms with Crippen molar-refractivity contribution in [2.75, 3.05) is 5.73 Å². The number of aryl methyl sites for hydroxylation is 1. The van der Waals surface area contributed by atoms with E-state index in [0.29, 0.717) is 0 Å². The van der Waals surface area contributed by atoms with Crippen molar-refractivity contribution < 1.29 is 0 Å². The van der Waals surface area contributed by atoms with Gasteiger partial charge in [0.2, 0.25) is 0 Å². The van der Waals surface area contributed by atoms with Crippen LogP contribution >= 0.6 is 0 Å². The van der Waals surface area contributed by atoms with E-state index in [1.165, 1.54) is 11.1 Å². The first-order valence-corrected chi connectivity index (χ1v) is 5.35. The van der Waals surface area contributed by atoms with E-state index in [2.05, 4.69) is 37.3 Å². The smallest absolute Gasteiger partial charge is 0.0387 e. The SMILES string of the molecule is Cc1ccc(/C=C/c2ccccc2N)cc1. The largest absolute Gasteiger partial charge is 0.398 e. The van der Waals surface area contributed by atoms with Crippen molar-refractivity contribution in [3.05, 3.63) is 65.2 Å². The van der Waals surface area contributed by atoms with Crippen LogP contribution in [-0.4, -0.2) is 0 Å². The minimum absolute atomic E-state index is 0.811. The molecule has 2 rings (SSSR count). The Morgan fingerprint density at radius 3 is 2.25 bits per heavy atom. The molecule has 0 heterocycles. The predicted octanol–water partition coefficient (Wildman–Crippen LogP) is 3.75. The molecule has 2 N–H and O–H groups in total. The number of nitrogen functional groups attached to an aromatic ring is 1. The molecule has 0 aliphatic rings. The Hall–Kier alpha value is -2.02. The molecule has 0 aromatic heterocycles. The van der Waals surface area contributed by atoms with Crippen molar-refractivity contribution in [2.45, 2.75) is 6.92 Å². The molecule has 0 saturated carbocycles. The molecule has 0 saturated heterocycles. The van der Waals surface area contributed by atoms with E-state index < -0.39 is 0 Å². The molecule has 0 amide bonds. The van der Waals surface area contributed by atoms with Crippen molar-refractivity contribution in [3.63, 3.8) is 0 Å². The van der Waals surface area contributed by atoms with Crippen LogP contribution in [0.5, 0.6) is 0 Å². The van der Waals surface area contributed by atoms with E-state index in [-0.39, 0.29) is 0 Å². The minimum atomic E-state index is 0.811. The van der Waals surface area contributed by atoms with Gasteiger partial charge in [-0.25, -0.2) is 0 Å². The molecule has 80 valence electrons. The highest BCUT2D eigenvalue weighted by atomic mass is 14.5. The Kier molecular flexibility index (Phi) is 3.06. The van der Waals surface area contributed by atoms with Gasteiger partial charge in [-0.15, -0.1) is 0 Å². The normalized spacial score (nSPS) is 10.8. The summed E-state index contributed by atoms with van der Waals surface area (Å²) in [5, 5.41) is 0. The van der Waals surface area contributed by atoms with E-state index >= 15 is 0 Å². The molecule has 16 heavy (non-hydrogen) atoms. The van der Waals surface area contributed by atoms with Crippen molar-refractivity contribution in [1.82, 2.24) is 0 Å². The van der Waals surface area contributed by atoms with Crippen molar-refractivity contribution in [2.24, 2.45) is 0 Å². The summed E-state index contributed by atoms with van der Waals surface area (Å²) in [7, 11) is 0. The van der Waals surface area contributed by atoms with Crippen LogP contribution in [0, 0.1) is 6.92 Å². The predicted molar refractivity (Wildman–Crippen MR) is 71.0 cm³/mol. The second kappa shape index (κ2) is 4.67. The van der Waals surface area contributed by atoms with E-state index in [1.54, 1.807) is 0 Å². The van der Waals surface area contributed by atoms with Gasteiger partial charge >= 0.3 is 0 Å². The summed E-state index contributed by atoms with van der Waals surface area (Å²) in [6.45, 7) is 2.09. The van der Waals surface area contributed by atoms with E-state index in [4.69, 9.17) is 5.73 Å². The molecule has 0 atom stereocenters. The van der Waals surface area contributed by atoms with Crippen LogP contribution in [-0.2, 0) is 0 Å². The number of benzene rings is 2. The highest BCUT2D eigenvalue weighted by Gasteiger charge is 1.92. The molecular weight excluding hydrogens is 194 g/mol. The molecule has 2 aromatic carbocycles. The van der Waals surface area contributed by atoms with Crippen molar-refractivity contribution >= 4 is 17.8 Å². The van der Waals surface area contributed by atoms with Crippen LogP contribution in [0.1, 0.15) is 16.7 Å². The summed E-state index contributed by atoms with van der Waals surface area (Å²) < 4.78 is 0. The Morgan fingerprint density at radius 2 is 1.56 bits per heavy atom. The van der Waals surface area contributed by atoms with Gasteiger partial charge in [0.05, 0.1) is 0 Å². The lowest BCUT2D eigenvalue weighted by atomic mass is 10.1. The van der Waals surface area contributed by atoms with Crippen LogP contribution < -0.4 is 5.73 Å². The average Bonchev–Trinajstić information content (AvgIpc) is 2.30. The standard InChI is InChI=1S/C15H15N/c1-12-6-8-13(9-7-12)10-11-14-4-2-3-5-15(14)16/h2-11H,16H2,1H3/b11-10+. The van der Waals surface area contributed by atoms with Gasteiger partial charge in [-0.05, 0) is 24.1 Å². The maximum Gasteiger partial charge on any atom is 0.0387 e. The Balaban J connectivity index is 2.21. The molecule has 1 heteroatoms. The van der Waals surface area contributed by atoms with Gasteiger partial charge in [-0.2, -0.15) is 0 Å². The van der Waals surface area contributed by atoms with Gasteiger partial charge in [0, 0.05) is 5.69 Å². The van der Waals surface area contributed by atoms with Crippen LogP contribution in [0.3, 0.4) is 0 Å². The molecule has 0 fully saturated rings. The Labute approximate surface area is 96.2 Å². The summed E-state index contributed by atoms with van der Waals surface area (Å²) >= 11 is 0. The van der Waals surface area contributed by atoms with E-state index in [0.717, 1.165) is 11.3 Å². The maximum atomic E-state index is 5.86. The van der Waals surface area contributed by atoms with Crippen LogP contribution in [0.25, 0.3) is 12.2 Å². The molecular formula is C15H15N. The van der Waals surface area contributed by atoms with E-state index in [9.17, 15) is 0 Å². The first-order chi connectivity index (χ1) is 7.75. The molecule has 0 unspecified atom stereocenters. The van der Waals surface area contributed by atoms with Crippen LogP contribution in [0.15, 0.2) is 48.5 Å². The molecule has 0 spiro atoms. The second-order valence-electron chi connectivity index (χ2n) is 3.87. The fraction of sp³-hybridized carbons (Fsp3) is 0.0667. The minimum Gasteiger partial charge on any atom is -0.398 e. The quantitative estimate of drug-likeness (QED) is 0.591. The van der Waals surface area contributed by atoms with Gasteiger partial charge < -0.3 is 5.73 Å². The van der Waals surface area contributed by atoms with E-state index in [1.807, 2.05) is 30.3 Å². The zero-order chi connectivity index (χ0) is 11.4. The summed E-state index contributed by atoms with van der Waals surface area (Å²) in [4.78, 5) is 0. The van der Waals surface area contributed by atoms with Crippen LogP contribution in [0.2, 0.25) is 0 Å². The maximum absolute atomic E-state index is 5.86.